The van der Waals surface area contributed by atoms with E-state index in [9.17, 15) is 0 Å². The fraction of sp³-hybridized carbons (Fsp3) is 0.909. The second-order valence-electron chi connectivity index (χ2n) is 2.03. The van der Waals surface area contributed by atoms with E-state index in [1.165, 1.54) is 0 Å². The lowest BCUT2D eigenvalue weighted by atomic mass is 10.3. The summed E-state index contributed by atoms with van der Waals surface area (Å²) < 4.78 is 0. The minimum Gasteiger partial charge on any atom is -0.311 e. The maximum Gasteiger partial charge on any atom is 0.179 e. The fourth-order valence-corrected chi connectivity index (χ4v) is 0.628. The van der Waals surface area contributed by atoms with Crippen LogP contribution in [-0.2, 0) is 0 Å². The number of hydrogen-bond acceptors (Lipinski definition) is 2. The van der Waals surface area contributed by atoms with Gasteiger partial charge in [-0.15, -0.1) is 0 Å². The molecule has 0 aliphatic heterocycles. The normalized spacial score (nSPS) is 6.85. The molecule has 0 heterocycles. The molecule has 0 amide bonds. The van der Waals surface area contributed by atoms with Crippen molar-refractivity contribution in [1.82, 2.24) is 4.90 Å². The van der Waals surface area contributed by atoms with Crippen molar-refractivity contribution < 1.29 is 0 Å². The third-order valence-corrected chi connectivity index (χ3v) is 1.30. The van der Waals surface area contributed by atoms with Crippen LogP contribution in [0.25, 0.3) is 0 Å². The van der Waals surface area contributed by atoms with Crippen LogP contribution in [0.15, 0.2) is 0 Å². The fourth-order valence-electron chi connectivity index (χ4n) is 0.628. The Balaban J connectivity index is -0.000000218. The predicted octanol–water partition coefficient (Wildman–Crippen LogP) is 3.64. The van der Waals surface area contributed by atoms with E-state index >= 15 is 0 Å². The summed E-state index contributed by atoms with van der Waals surface area (Å²) in [6, 6.07) is 0. The highest BCUT2D eigenvalue weighted by molar-refractivity contribution is 4.70. The van der Waals surface area contributed by atoms with Gasteiger partial charge in [-0.3, -0.25) is 0 Å². The molecule has 80 valence electrons. The third-order valence-electron chi connectivity index (χ3n) is 1.30. The summed E-state index contributed by atoms with van der Waals surface area (Å²) in [7, 11) is 0. The van der Waals surface area contributed by atoms with Crippen molar-refractivity contribution >= 4 is 0 Å². The molecule has 0 spiro atoms. The van der Waals surface area contributed by atoms with Gasteiger partial charge in [0.1, 0.15) is 0 Å². The molecule has 0 rings (SSSR count). The van der Waals surface area contributed by atoms with Crippen molar-refractivity contribution in [2.45, 2.75) is 54.4 Å². The Kier molecular flexibility index (Phi) is 31.4. The quantitative estimate of drug-likeness (QED) is 0.495. The zero-order valence-electron chi connectivity index (χ0n) is 10.2. The molecule has 0 fully saturated rings. The zero-order valence-corrected chi connectivity index (χ0v) is 10.2. The van der Waals surface area contributed by atoms with E-state index in [1.807, 2.05) is 34.6 Å². The number of hydrogen-bond donors (Lipinski definition) is 0. The molecule has 2 heteroatoms. The van der Waals surface area contributed by atoms with Gasteiger partial charge in [-0.2, -0.15) is 5.26 Å². The van der Waals surface area contributed by atoms with Crippen molar-refractivity contribution in [3.05, 3.63) is 0 Å². The molecule has 0 radical (unpaired) electrons. The summed E-state index contributed by atoms with van der Waals surface area (Å²) in [6.45, 7) is 13.9. The van der Waals surface area contributed by atoms with Gasteiger partial charge in [0.05, 0.1) is 0 Å². The molecular formula is C11H26N2. The van der Waals surface area contributed by atoms with E-state index < -0.39 is 0 Å². The third kappa shape index (κ3) is 18.3. The second kappa shape index (κ2) is 22.5. The molecule has 0 N–H and O–H groups in total. The van der Waals surface area contributed by atoms with E-state index in [1.54, 1.807) is 4.90 Å². The minimum atomic E-state index is 0.844. The first kappa shape index (κ1) is 18.2. The van der Waals surface area contributed by atoms with Crippen LogP contribution in [0.3, 0.4) is 0 Å². The van der Waals surface area contributed by atoms with Gasteiger partial charge in [0, 0.05) is 13.1 Å². The van der Waals surface area contributed by atoms with Crippen molar-refractivity contribution in [2.24, 2.45) is 0 Å². The van der Waals surface area contributed by atoms with Crippen LogP contribution < -0.4 is 0 Å². The van der Waals surface area contributed by atoms with Gasteiger partial charge in [-0.25, -0.2) is 0 Å². The topological polar surface area (TPSA) is 27.0 Å². The van der Waals surface area contributed by atoms with E-state index in [-0.39, 0.29) is 0 Å². The Morgan fingerprint density at radius 1 is 1.08 bits per heavy atom. The molecule has 0 bridgehead atoms. The predicted molar refractivity (Wildman–Crippen MR) is 60.5 cm³/mol. The number of nitriles is 1. The second-order valence-corrected chi connectivity index (χ2v) is 2.03. The van der Waals surface area contributed by atoms with Gasteiger partial charge < -0.3 is 4.90 Å². The highest BCUT2D eigenvalue weighted by Gasteiger charge is 1.93. The van der Waals surface area contributed by atoms with Crippen molar-refractivity contribution in [2.75, 3.05) is 13.1 Å². The molecule has 2 nitrogen and oxygen atoms in total. The Morgan fingerprint density at radius 2 is 1.54 bits per heavy atom. The number of rotatable bonds is 4. The maximum absolute atomic E-state index is 8.43. The van der Waals surface area contributed by atoms with Crippen LogP contribution in [0.5, 0.6) is 0 Å². The largest absolute Gasteiger partial charge is 0.311 e. The highest BCUT2D eigenvalue weighted by atomic mass is 15.1. The molecular weight excluding hydrogens is 160 g/mol. The molecule has 0 saturated heterocycles. The van der Waals surface area contributed by atoms with Crippen LogP contribution in [0.2, 0.25) is 0 Å². The van der Waals surface area contributed by atoms with Crippen molar-refractivity contribution in [1.29, 1.82) is 5.26 Å². The molecule has 0 aliphatic carbocycles. The lowest BCUT2D eigenvalue weighted by Crippen LogP contribution is -2.17. The lowest BCUT2D eigenvalue weighted by Gasteiger charge is -2.10. The summed E-state index contributed by atoms with van der Waals surface area (Å²) in [5.41, 5.74) is 0. The van der Waals surface area contributed by atoms with E-state index in [0.717, 1.165) is 25.9 Å². The smallest absolute Gasteiger partial charge is 0.179 e. The van der Waals surface area contributed by atoms with Crippen molar-refractivity contribution in [3.8, 4) is 6.19 Å². The number of nitrogens with zero attached hydrogens (tertiary/aromatic N) is 2. The van der Waals surface area contributed by atoms with Crippen molar-refractivity contribution in [3.63, 3.8) is 0 Å². The molecule has 0 aromatic heterocycles. The van der Waals surface area contributed by atoms with Crippen LogP contribution in [-0.4, -0.2) is 18.0 Å². The molecule has 0 aromatic rings. The molecule has 0 aliphatic rings. The molecule has 0 atom stereocenters. The van der Waals surface area contributed by atoms with Gasteiger partial charge >= 0.3 is 0 Å². The SMILES string of the molecule is CC.CC.CCCCN(C#N)CC. The summed E-state index contributed by atoms with van der Waals surface area (Å²) in [4.78, 5) is 1.77. The maximum atomic E-state index is 8.43. The van der Waals surface area contributed by atoms with Crippen LogP contribution in [0, 0.1) is 11.5 Å². The van der Waals surface area contributed by atoms with Gasteiger partial charge in [0.25, 0.3) is 0 Å². The monoisotopic (exact) mass is 186 g/mol. The Morgan fingerprint density at radius 3 is 1.77 bits per heavy atom. The standard InChI is InChI=1S/C7H14N2.2C2H6/c1-3-5-6-9(4-2)7-8;2*1-2/h3-6H2,1-2H3;2*1-2H3. The van der Waals surface area contributed by atoms with E-state index in [4.69, 9.17) is 5.26 Å². The highest BCUT2D eigenvalue weighted by Crippen LogP contribution is 1.91. The average molecular weight is 186 g/mol. The van der Waals surface area contributed by atoms with E-state index in [2.05, 4.69) is 13.1 Å². The van der Waals surface area contributed by atoms with Crippen LogP contribution in [0.4, 0.5) is 0 Å². The summed E-state index contributed by atoms with van der Waals surface area (Å²) in [5.74, 6) is 0. The average Bonchev–Trinajstić information content (AvgIpc) is 2.25. The first-order chi connectivity index (χ1) is 6.35. The van der Waals surface area contributed by atoms with Gasteiger partial charge in [-0.1, -0.05) is 41.0 Å². The first-order valence-electron chi connectivity index (χ1n) is 5.49. The van der Waals surface area contributed by atoms with Gasteiger partial charge in [0.2, 0.25) is 0 Å². The minimum absolute atomic E-state index is 0.844. The zero-order chi connectivity index (χ0) is 11.1. The van der Waals surface area contributed by atoms with Crippen LogP contribution >= 0.6 is 0 Å². The Bertz CT molecular complexity index is 94.8. The summed E-state index contributed by atoms with van der Waals surface area (Å²) in [5, 5.41) is 8.43. The van der Waals surface area contributed by atoms with Gasteiger partial charge in [-0.05, 0) is 13.3 Å². The van der Waals surface area contributed by atoms with Crippen LogP contribution in [0.1, 0.15) is 54.4 Å². The lowest BCUT2D eigenvalue weighted by molar-refractivity contribution is 0.402. The summed E-state index contributed by atoms with van der Waals surface area (Å²) >= 11 is 0. The number of unbranched alkanes of at least 4 members (excludes halogenated alkanes) is 1. The Hall–Kier alpha value is -0.710. The first-order valence-corrected chi connectivity index (χ1v) is 5.49. The Labute approximate surface area is 84.6 Å². The van der Waals surface area contributed by atoms with E-state index in [0.29, 0.717) is 0 Å². The molecule has 0 unspecified atom stereocenters. The summed E-state index contributed by atoms with van der Waals surface area (Å²) in [6.07, 6.45) is 4.41. The molecule has 0 aromatic carbocycles. The molecule has 13 heavy (non-hydrogen) atoms. The van der Waals surface area contributed by atoms with Gasteiger partial charge in [0.15, 0.2) is 6.19 Å². The molecule has 0 saturated carbocycles.